The summed E-state index contributed by atoms with van der Waals surface area (Å²) >= 11 is 0. The molecule has 12 heavy (non-hydrogen) atoms. The van der Waals surface area contributed by atoms with Crippen molar-refractivity contribution in [2.45, 2.75) is 53.4 Å². The van der Waals surface area contributed by atoms with E-state index in [-0.39, 0.29) is 0 Å². The molecule has 0 aromatic rings. The van der Waals surface area contributed by atoms with E-state index in [9.17, 15) is 0 Å². The number of hydrogen-bond acceptors (Lipinski definition) is 0. The van der Waals surface area contributed by atoms with Gasteiger partial charge in [0.2, 0.25) is 0 Å². The number of allylic oxidation sites excluding steroid dienone is 3. The molecule has 0 unspecified atom stereocenters. The zero-order valence-corrected chi connectivity index (χ0v) is 9.04. The van der Waals surface area contributed by atoms with Gasteiger partial charge in [0.25, 0.3) is 0 Å². The van der Waals surface area contributed by atoms with E-state index in [0.717, 1.165) is 0 Å². The van der Waals surface area contributed by atoms with E-state index in [4.69, 9.17) is 0 Å². The van der Waals surface area contributed by atoms with Crippen LogP contribution < -0.4 is 0 Å². The summed E-state index contributed by atoms with van der Waals surface area (Å²) in [7, 11) is 0. The lowest BCUT2D eigenvalue weighted by atomic mass is 9.89. The molecular formula is C12H22. The van der Waals surface area contributed by atoms with Crippen LogP contribution >= 0.6 is 0 Å². The molecule has 70 valence electrons. The van der Waals surface area contributed by atoms with E-state index in [2.05, 4.69) is 20.4 Å². The molecule has 0 aliphatic heterocycles. The predicted octanol–water partition coefficient (Wildman–Crippen LogP) is 4.48. The van der Waals surface area contributed by atoms with Crippen molar-refractivity contribution >= 4 is 0 Å². The Morgan fingerprint density at radius 1 is 1.17 bits per heavy atom. The quantitative estimate of drug-likeness (QED) is 0.539. The van der Waals surface area contributed by atoms with Crippen molar-refractivity contribution in [2.75, 3.05) is 0 Å². The largest absolute Gasteiger partial charge is 0.0958 e. The highest BCUT2D eigenvalue weighted by Gasteiger charge is 2.08. The molecule has 1 aliphatic carbocycles. The van der Waals surface area contributed by atoms with Crippen LogP contribution in [-0.2, 0) is 0 Å². The van der Waals surface area contributed by atoms with Crippen molar-refractivity contribution in [1.82, 2.24) is 0 Å². The molecular weight excluding hydrogens is 144 g/mol. The van der Waals surface area contributed by atoms with Crippen LogP contribution in [0.15, 0.2) is 23.3 Å². The van der Waals surface area contributed by atoms with Gasteiger partial charge in [-0.3, -0.25) is 0 Å². The van der Waals surface area contributed by atoms with Crippen LogP contribution in [0.3, 0.4) is 0 Å². The molecule has 1 aliphatic rings. The summed E-state index contributed by atoms with van der Waals surface area (Å²) in [5.74, 6) is 0. The van der Waals surface area contributed by atoms with E-state index in [1.165, 1.54) is 36.8 Å². The van der Waals surface area contributed by atoms with Gasteiger partial charge in [0.15, 0.2) is 0 Å². The normalized spacial score (nSPS) is 16.7. The Balaban J connectivity index is 0.000000561. The molecule has 0 atom stereocenters. The van der Waals surface area contributed by atoms with Gasteiger partial charge in [0, 0.05) is 0 Å². The van der Waals surface area contributed by atoms with Crippen LogP contribution in [0.25, 0.3) is 0 Å². The second kappa shape index (κ2) is 6.05. The average Bonchev–Trinajstić information content (AvgIpc) is 2.08. The third-order valence-electron chi connectivity index (χ3n) is 2.26. The molecule has 0 radical (unpaired) electrons. The van der Waals surface area contributed by atoms with Gasteiger partial charge in [-0.1, -0.05) is 31.6 Å². The molecule has 0 saturated carbocycles. The van der Waals surface area contributed by atoms with E-state index in [1.807, 2.05) is 13.8 Å². The molecule has 0 heterocycles. The highest BCUT2D eigenvalue weighted by molar-refractivity contribution is 5.32. The second-order valence-electron chi connectivity index (χ2n) is 3.25. The summed E-state index contributed by atoms with van der Waals surface area (Å²) in [6, 6.07) is 0. The maximum Gasteiger partial charge on any atom is -0.0277 e. The van der Waals surface area contributed by atoms with Gasteiger partial charge in [0.05, 0.1) is 0 Å². The molecule has 0 N–H and O–H groups in total. The fourth-order valence-corrected chi connectivity index (χ4v) is 1.63. The topological polar surface area (TPSA) is 0 Å². The minimum atomic E-state index is 1.27. The zero-order chi connectivity index (χ0) is 9.56. The summed E-state index contributed by atoms with van der Waals surface area (Å²) in [6.45, 7) is 12.3. The van der Waals surface area contributed by atoms with Crippen LogP contribution in [0.5, 0.6) is 0 Å². The maximum absolute atomic E-state index is 3.97. The van der Waals surface area contributed by atoms with Gasteiger partial charge in [-0.2, -0.15) is 0 Å². The van der Waals surface area contributed by atoms with Crippen molar-refractivity contribution in [3.63, 3.8) is 0 Å². The van der Waals surface area contributed by atoms with Crippen molar-refractivity contribution in [2.24, 2.45) is 0 Å². The molecule has 0 fully saturated rings. The lowest BCUT2D eigenvalue weighted by Gasteiger charge is -2.17. The van der Waals surface area contributed by atoms with Gasteiger partial charge < -0.3 is 0 Å². The second-order valence-corrected chi connectivity index (χ2v) is 3.25. The van der Waals surface area contributed by atoms with Crippen LogP contribution in [0, 0.1) is 0 Å². The smallest absolute Gasteiger partial charge is 0.0277 e. The Labute approximate surface area is 77.4 Å². The minimum Gasteiger partial charge on any atom is -0.0958 e. The average molecular weight is 166 g/mol. The van der Waals surface area contributed by atoms with Gasteiger partial charge in [-0.25, -0.2) is 0 Å². The SMILES string of the molecule is C=C(C)C1=C(C)CCCC1.CC. The van der Waals surface area contributed by atoms with Gasteiger partial charge in [-0.05, 0) is 45.1 Å². The molecule has 0 nitrogen and oxygen atoms in total. The van der Waals surface area contributed by atoms with Crippen molar-refractivity contribution in [3.8, 4) is 0 Å². The summed E-state index contributed by atoms with van der Waals surface area (Å²) in [5.41, 5.74) is 4.38. The first-order valence-electron chi connectivity index (χ1n) is 5.06. The highest BCUT2D eigenvalue weighted by atomic mass is 14.1. The predicted molar refractivity (Wildman–Crippen MR) is 57.3 cm³/mol. The van der Waals surface area contributed by atoms with E-state index in [1.54, 1.807) is 5.57 Å². The van der Waals surface area contributed by atoms with E-state index < -0.39 is 0 Å². The van der Waals surface area contributed by atoms with E-state index in [0.29, 0.717) is 0 Å². The zero-order valence-electron chi connectivity index (χ0n) is 9.04. The summed E-state index contributed by atoms with van der Waals surface area (Å²) in [5, 5.41) is 0. The Bertz CT molecular complexity index is 172. The van der Waals surface area contributed by atoms with Crippen LogP contribution in [0.1, 0.15) is 53.4 Å². The summed E-state index contributed by atoms with van der Waals surface area (Å²) in [6.07, 6.45) is 5.30. The molecule has 0 spiro atoms. The van der Waals surface area contributed by atoms with Crippen molar-refractivity contribution < 1.29 is 0 Å². The third-order valence-corrected chi connectivity index (χ3v) is 2.26. The Hall–Kier alpha value is -0.520. The number of hydrogen-bond donors (Lipinski definition) is 0. The van der Waals surface area contributed by atoms with E-state index >= 15 is 0 Å². The Morgan fingerprint density at radius 2 is 1.67 bits per heavy atom. The molecule has 0 amide bonds. The first-order chi connectivity index (χ1) is 5.72. The maximum atomic E-state index is 3.97. The molecule has 1 rings (SSSR count). The lowest BCUT2D eigenvalue weighted by Crippen LogP contribution is -1.97. The molecule has 0 heteroatoms. The first-order valence-corrected chi connectivity index (χ1v) is 5.06. The Morgan fingerprint density at radius 3 is 2.00 bits per heavy atom. The van der Waals surface area contributed by atoms with Gasteiger partial charge in [-0.15, -0.1) is 0 Å². The minimum absolute atomic E-state index is 1.27. The molecule has 0 saturated heterocycles. The number of rotatable bonds is 1. The third kappa shape index (κ3) is 3.25. The van der Waals surface area contributed by atoms with Crippen LogP contribution in [0.2, 0.25) is 0 Å². The van der Waals surface area contributed by atoms with Crippen molar-refractivity contribution in [3.05, 3.63) is 23.3 Å². The Kier molecular flexibility index (Phi) is 5.79. The highest BCUT2D eigenvalue weighted by Crippen LogP contribution is 2.28. The standard InChI is InChI=1S/C10H16.C2H6/c1-8(2)10-7-5-4-6-9(10)3;1-2/h1,4-7H2,2-3H3;1-2H3. The molecule has 0 aromatic heterocycles. The summed E-state index contributed by atoms with van der Waals surface area (Å²) < 4.78 is 0. The summed E-state index contributed by atoms with van der Waals surface area (Å²) in [4.78, 5) is 0. The van der Waals surface area contributed by atoms with Crippen LogP contribution in [0.4, 0.5) is 0 Å². The van der Waals surface area contributed by atoms with Crippen LogP contribution in [-0.4, -0.2) is 0 Å². The van der Waals surface area contributed by atoms with Gasteiger partial charge in [0.1, 0.15) is 0 Å². The molecule has 0 bridgehead atoms. The fraction of sp³-hybridized carbons (Fsp3) is 0.667. The first kappa shape index (κ1) is 11.5. The van der Waals surface area contributed by atoms with Crippen molar-refractivity contribution in [1.29, 1.82) is 0 Å². The monoisotopic (exact) mass is 166 g/mol. The van der Waals surface area contributed by atoms with Gasteiger partial charge >= 0.3 is 0 Å². The fourth-order valence-electron chi connectivity index (χ4n) is 1.63. The molecule has 0 aromatic carbocycles. The lowest BCUT2D eigenvalue weighted by molar-refractivity contribution is 0.677.